The summed E-state index contributed by atoms with van der Waals surface area (Å²) in [7, 11) is 0. The zero-order valence-corrected chi connectivity index (χ0v) is 12.2. The third kappa shape index (κ3) is 3.90. The Morgan fingerprint density at radius 1 is 1.42 bits per heavy atom. The first-order valence-corrected chi connectivity index (χ1v) is 7.23. The molecule has 19 heavy (non-hydrogen) atoms. The van der Waals surface area contributed by atoms with Gasteiger partial charge < -0.3 is 5.32 Å². The Morgan fingerprint density at radius 2 is 2.16 bits per heavy atom. The van der Waals surface area contributed by atoms with Gasteiger partial charge in [0, 0.05) is 12.2 Å². The number of carbonyl (C=O) groups is 1. The molecule has 0 aromatic carbocycles. The number of carbonyl (C=O) groups excluding carboxylic acids is 1. The first-order valence-electron chi connectivity index (χ1n) is 6.85. The SMILES string of the molecule is Cc1cc(C(=O)NCC2CCCCC2C)nc(Cl)n1. The van der Waals surface area contributed by atoms with Crippen molar-refractivity contribution in [3.63, 3.8) is 0 Å². The van der Waals surface area contributed by atoms with Crippen LogP contribution in [0.15, 0.2) is 6.07 Å². The largest absolute Gasteiger partial charge is 0.350 e. The van der Waals surface area contributed by atoms with Crippen LogP contribution in [0.3, 0.4) is 0 Å². The van der Waals surface area contributed by atoms with Crippen LogP contribution in [0.5, 0.6) is 0 Å². The number of halogens is 1. The highest BCUT2D eigenvalue weighted by Gasteiger charge is 2.22. The van der Waals surface area contributed by atoms with Crippen LogP contribution in [0.1, 0.15) is 48.8 Å². The smallest absolute Gasteiger partial charge is 0.270 e. The summed E-state index contributed by atoms with van der Waals surface area (Å²) in [5, 5.41) is 3.09. The van der Waals surface area contributed by atoms with Gasteiger partial charge in [0.2, 0.25) is 5.28 Å². The molecule has 1 aromatic rings. The van der Waals surface area contributed by atoms with Gasteiger partial charge in [-0.15, -0.1) is 0 Å². The highest BCUT2D eigenvalue weighted by atomic mass is 35.5. The average molecular weight is 282 g/mol. The quantitative estimate of drug-likeness (QED) is 0.867. The van der Waals surface area contributed by atoms with E-state index < -0.39 is 0 Å². The van der Waals surface area contributed by atoms with E-state index in [4.69, 9.17) is 11.6 Å². The Balaban J connectivity index is 1.93. The molecule has 0 radical (unpaired) electrons. The molecule has 5 heteroatoms. The van der Waals surface area contributed by atoms with E-state index in [0.29, 0.717) is 23.2 Å². The normalized spacial score (nSPS) is 23.1. The molecule has 4 nitrogen and oxygen atoms in total. The summed E-state index contributed by atoms with van der Waals surface area (Å²) in [5.41, 5.74) is 1.05. The Bertz CT molecular complexity index is 444. The molecule has 0 aliphatic heterocycles. The van der Waals surface area contributed by atoms with E-state index in [1.165, 1.54) is 25.7 Å². The summed E-state index contributed by atoms with van der Waals surface area (Å²) < 4.78 is 0. The lowest BCUT2D eigenvalue weighted by Crippen LogP contribution is -2.33. The maximum Gasteiger partial charge on any atom is 0.270 e. The van der Waals surface area contributed by atoms with Crippen molar-refractivity contribution in [3.05, 3.63) is 22.7 Å². The van der Waals surface area contributed by atoms with Gasteiger partial charge in [-0.2, -0.15) is 0 Å². The second-order valence-corrected chi connectivity index (χ2v) is 5.73. The molecule has 1 aliphatic carbocycles. The molecule has 1 amide bonds. The van der Waals surface area contributed by atoms with Gasteiger partial charge >= 0.3 is 0 Å². The van der Waals surface area contributed by atoms with Crippen LogP contribution >= 0.6 is 11.6 Å². The minimum atomic E-state index is -0.162. The molecule has 1 aliphatic rings. The summed E-state index contributed by atoms with van der Waals surface area (Å²) >= 11 is 5.76. The molecule has 2 unspecified atom stereocenters. The predicted molar refractivity (Wildman–Crippen MR) is 75.2 cm³/mol. The number of nitrogens with zero attached hydrogens (tertiary/aromatic N) is 2. The molecule has 0 bridgehead atoms. The summed E-state index contributed by atoms with van der Waals surface area (Å²) in [6.07, 6.45) is 5.04. The maximum absolute atomic E-state index is 12.0. The zero-order chi connectivity index (χ0) is 13.8. The Morgan fingerprint density at radius 3 is 2.84 bits per heavy atom. The van der Waals surface area contributed by atoms with Crippen LogP contribution in [-0.2, 0) is 0 Å². The Labute approximate surface area is 119 Å². The fourth-order valence-electron chi connectivity index (χ4n) is 2.66. The summed E-state index contributed by atoms with van der Waals surface area (Å²) in [4.78, 5) is 20.0. The van der Waals surface area contributed by atoms with Crippen molar-refractivity contribution in [1.82, 2.24) is 15.3 Å². The van der Waals surface area contributed by atoms with Crippen molar-refractivity contribution in [2.24, 2.45) is 11.8 Å². The number of hydrogen-bond donors (Lipinski definition) is 1. The van der Waals surface area contributed by atoms with Crippen LogP contribution in [0.4, 0.5) is 0 Å². The summed E-state index contributed by atoms with van der Waals surface area (Å²) in [6.45, 7) is 4.79. The highest BCUT2D eigenvalue weighted by molar-refractivity contribution is 6.28. The van der Waals surface area contributed by atoms with Gasteiger partial charge in [0.25, 0.3) is 5.91 Å². The van der Waals surface area contributed by atoms with E-state index in [2.05, 4.69) is 22.2 Å². The molecule has 1 fully saturated rings. The summed E-state index contributed by atoms with van der Waals surface area (Å²) in [6, 6.07) is 1.66. The molecule has 104 valence electrons. The molecule has 1 saturated carbocycles. The lowest BCUT2D eigenvalue weighted by molar-refractivity contribution is 0.0931. The number of amides is 1. The Hall–Kier alpha value is -1.16. The maximum atomic E-state index is 12.0. The highest BCUT2D eigenvalue weighted by Crippen LogP contribution is 2.28. The van der Waals surface area contributed by atoms with E-state index in [-0.39, 0.29) is 11.2 Å². The number of hydrogen-bond acceptors (Lipinski definition) is 3. The van der Waals surface area contributed by atoms with E-state index in [1.807, 2.05) is 0 Å². The standard InChI is InChI=1S/C14H20ClN3O/c1-9-5-3-4-6-11(9)8-16-13(19)12-7-10(2)17-14(15)18-12/h7,9,11H,3-6,8H2,1-2H3,(H,16,19). The predicted octanol–water partition coefficient (Wildman–Crippen LogP) is 2.99. The van der Waals surface area contributed by atoms with Crippen molar-refractivity contribution in [1.29, 1.82) is 0 Å². The number of rotatable bonds is 3. The molecule has 0 saturated heterocycles. The first-order chi connectivity index (χ1) is 9.06. The molecule has 2 rings (SSSR count). The van der Waals surface area contributed by atoms with Gasteiger partial charge in [0.15, 0.2) is 0 Å². The van der Waals surface area contributed by atoms with E-state index >= 15 is 0 Å². The molecular weight excluding hydrogens is 262 g/mol. The van der Waals surface area contributed by atoms with E-state index in [0.717, 1.165) is 6.54 Å². The van der Waals surface area contributed by atoms with Crippen molar-refractivity contribution in [2.45, 2.75) is 39.5 Å². The van der Waals surface area contributed by atoms with Crippen LogP contribution in [-0.4, -0.2) is 22.4 Å². The lowest BCUT2D eigenvalue weighted by Gasteiger charge is -2.28. The average Bonchev–Trinajstić information content (AvgIpc) is 2.36. The second-order valence-electron chi connectivity index (χ2n) is 5.40. The van der Waals surface area contributed by atoms with Crippen molar-refractivity contribution >= 4 is 17.5 Å². The van der Waals surface area contributed by atoms with Gasteiger partial charge in [-0.3, -0.25) is 4.79 Å². The third-order valence-corrected chi connectivity index (χ3v) is 4.04. The van der Waals surface area contributed by atoms with E-state index in [1.54, 1.807) is 13.0 Å². The van der Waals surface area contributed by atoms with Crippen molar-refractivity contribution in [2.75, 3.05) is 6.54 Å². The fourth-order valence-corrected chi connectivity index (χ4v) is 2.88. The monoisotopic (exact) mass is 281 g/mol. The van der Waals surface area contributed by atoms with E-state index in [9.17, 15) is 4.79 Å². The third-order valence-electron chi connectivity index (χ3n) is 3.87. The summed E-state index contributed by atoms with van der Waals surface area (Å²) in [5.74, 6) is 1.10. The number of nitrogens with one attached hydrogen (secondary N) is 1. The van der Waals surface area contributed by atoms with Gasteiger partial charge in [-0.05, 0) is 42.8 Å². The molecule has 0 spiro atoms. The van der Waals surface area contributed by atoms with Crippen LogP contribution < -0.4 is 5.32 Å². The fraction of sp³-hybridized carbons (Fsp3) is 0.643. The van der Waals surface area contributed by atoms with Gasteiger partial charge in [-0.1, -0.05) is 26.2 Å². The van der Waals surface area contributed by atoms with Gasteiger partial charge in [-0.25, -0.2) is 9.97 Å². The minimum Gasteiger partial charge on any atom is -0.350 e. The molecule has 1 heterocycles. The second kappa shape index (κ2) is 6.33. The number of aromatic nitrogens is 2. The first kappa shape index (κ1) is 14.3. The Kier molecular flexibility index (Phi) is 4.75. The van der Waals surface area contributed by atoms with Crippen LogP contribution in [0, 0.1) is 18.8 Å². The molecular formula is C14H20ClN3O. The van der Waals surface area contributed by atoms with Crippen molar-refractivity contribution in [3.8, 4) is 0 Å². The van der Waals surface area contributed by atoms with Gasteiger partial charge in [0.1, 0.15) is 5.69 Å². The molecule has 1 N–H and O–H groups in total. The lowest BCUT2D eigenvalue weighted by atomic mass is 9.80. The van der Waals surface area contributed by atoms with Gasteiger partial charge in [0.05, 0.1) is 0 Å². The van der Waals surface area contributed by atoms with Crippen LogP contribution in [0.25, 0.3) is 0 Å². The molecule has 2 atom stereocenters. The minimum absolute atomic E-state index is 0.121. The molecule has 1 aromatic heterocycles. The van der Waals surface area contributed by atoms with Crippen LogP contribution in [0.2, 0.25) is 5.28 Å². The van der Waals surface area contributed by atoms with Crippen molar-refractivity contribution < 1.29 is 4.79 Å². The number of aryl methyl sites for hydroxylation is 1. The zero-order valence-electron chi connectivity index (χ0n) is 11.4. The topological polar surface area (TPSA) is 54.9 Å².